The summed E-state index contributed by atoms with van der Waals surface area (Å²) in [5.41, 5.74) is 2.59. The number of hydrogen-bond acceptors (Lipinski definition) is 3. The average Bonchev–Trinajstić information content (AvgIpc) is 3.01. The van der Waals surface area contributed by atoms with Crippen LogP contribution in [-0.2, 0) is 14.4 Å². The van der Waals surface area contributed by atoms with Crippen LogP contribution in [0.5, 0.6) is 0 Å². The highest BCUT2D eigenvalue weighted by molar-refractivity contribution is 9.10. The van der Waals surface area contributed by atoms with Crippen LogP contribution in [-0.4, -0.2) is 39.2 Å². The third-order valence-corrected chi connectivity index (χ3v) is 7.91. The fourth-order valence-electron chi connectivity index (χ4n) is 4.72. The molecule has 0 saturated heterocycles. The molecule has 1 aliphatic rings. The molecule has 0 spiro atoms. The molecule has 0 aromatic heterocycles. The second-order valence-electron chi connectivity index (χ2n) is 9.28. The van der Waals surface area contributed by atoms with E-state index in [1.807, 2.05) is 43.3 Å². The fraction of sp³-hybridized carbons (Fsp3) is 0.233. The standard InChI is InChI=1S/C30H27BrCl2N2O4/c1-19(20-9-13-22(32)14-10-20)35-27(36)18-26(24-6-2-3-7-25(24)31)34(17-5-4-8-28(37)38)30(39)29(35)21-11-15-23(33)16-12-21/h2-3,6-7,9-16,18-19,29H,4-5,8,17H2,1H3,(H,37,38)/t19-,29?/m1/s1. The van der Waals surface area contributed by atoms with Crippen LogP contribution in [0.15, 0.2) is 83.3 Å². The van der Waals surface area contributed by atoms with Gasteiger partial charge >= 0.3 is 5.97 Å². The molecule has 9 heteroatoms. The molecule has 0 radical (unpaired) electrons. The maximum Gasteiger partial charge on any atom is 0.303 e. The third kappa shape index (κ3) is 6.72. The van der Waals surface area contributed by atoms with Gasteiger partial charge in [-0.15, -0.1) is 0 Å². The SMILES string of the molecule is C[C@H](c1ccc(Cl)cc1)N1C(=O)C=C(c2ccccc2Br)N(CCCCC(=O)O)C(=O)C1c1ccc(Cl)cc1. The molecule has 39 heavy (non-hydrogen) atoms. The normalized spacial score (nSPS) is 16.6. The molecule has 2 amide bonds. The summed E-state index contributed by atoms with van der Waals surface area (Å²) in [5, 5.41) is 10.2. The summed E-state index contributed by atoms with van der Waals surface area (Å²) in [6.45, 7) is 2.13. The molecule has 202 valence electrons. The van der Waals surface area contributed by atoms with Gasteiger partial charge in [0, 0.05) is 39.1 Å². The number of amides is 2. The maximum atomic E-state index is 14.5. The lowest BCUT2D eigenvalue weighted by Crippen LogP contribution is -2.43. The van der Waals surface area contributed by atoms with Gasteiger partial charge in [0.15, 0.2) is 0 Å². The van der Waals surface area contributed by atoms with Crippen molar-refractivity contribution in [3.8, 4) is 0 Å². The molecule has 1 heterocycles. The van der Waals surface area contributed by atoms with Crippen LogP contribution in [0.2, 0.25) is 10.0 Å². The second-order valence-corrected chi connectivity index (χ2v) is 11.0. The Kier molecular flexibility index (Phi) is 9.49. The quantitative estimate of drug-likeness (QED) is 0.248. The number of nitrogens with zero attached hydrogens (tertiary/aromatic N) is 2. The Hall–Kier alpha value is -3.13. The summed E-state index contributed by atoms with van der Waals surface area (Å²) in [6, 6.07) is 20.1. The smallest absolute Gasteiger partial charge is 0.303 e. The topological polar surface area (TPSA) is 77.9 Å². The highest BCUT2D eigenvalue weighted by atomic mass is 79.9. The Morgan fingerprint density at radius 3 is 2.18 bits per heavy atom. The van der Waals surface area contributed by atoms with Crippen LogP contribution in [0.4, 0.5) is 0 Å². The van der Waals surface area contributed by atoms with Crippen molar-refractivity contribution in [2.75, 3.05) is 6.54 Å². The minimum Gasteiger partial charge on any atom is -0.481 e. The van der Waals surface area contributed by atoms with Gasteiger partial charge in [0.25, 0.3) is 5.91 Å². The van der Waals surface area contributed by atoms with Gasteiger partial charge in [-0.05, 0) is 61.2 Å². The molecule has 1 unspecified atom stereocenters. The Balaban J connectivity index is 1.86. The van der Waals surface area contributed by atoms with E-state index in [-0.39, 0.29) is 24.8 Å². The number of aliphatic carboxylic acids is 1. The van der Waals surface area contributed by atoms with Crippen molar-refractivity contribution in [2.45, 2.75) is 38.3 Å². The van der Waals surface area contributed by atoms with Gasteiger partial charge in [-0.1, -0.05) is 81.6 Å². The van der Waals surface area contributed by atoms with Crippen molar-refractivity contribution >= 4 is 62.6 Å². The number of halogens is 3. The molecule has 0 bridgehead atoms. The zero-order valence-electron chi connectivity index (χ0n) is 21.2. The van der Waals surface area contributed by atoms with Gasteiger partial charge in [0.05, 0.1) is 11.7 Å². The molecule has 4 rings (SSSR count). The highest BCUT2D eigenvalue weighted by Crippen LogP contribution is 2.39. The van der Waals surface area contributed by atoms with E-state index < -0.39 is 18.1 Å². The Labute approximate surface area is 246 Å². The van der Waals surface area contributed by atoms with Gasteiger partial charge in [-0.25, -0.2) is 0 Å². The van der Waals surface area contributed by atoms with E-state index >= 15 is 0 Å². The first-order chi connectivity index (χ1) is 18.7. The monoisotopic (exact) mass is 628 g/mol. The van der Waals surface area contributed by atoms with Gasteiger partial charge in [-0.2, -0.15) is 0 Å². The molecular weight excluding hydrogens is 603 g/mol. The number of carbonyl (C=O) groups excluding carboxylic acids is 2. The van der Waals surface area contributed by atoms with Crippen molar-refractivity contribution in [1.29, 1.82) is 0 Å². The van der Waals surface area contributed by atoms with Gasteiger partial charge in [0.1, 0.15) is 6.04 Å². The number of unbranched alkanes of at least 4 members (excludes halogenated alkanes) is 1. The maximum absolute atomic E-state index is 14.5. The molecule has 1 N–H and O–H groups in total. The van der Waals surface area contributed by atoms with E-state index in [9.17, 15) is 14.4 Å². The van der Waals surface area contributed by atoms with E-state index in [0.29, 0.717) is 39.7 Å². The molecule has 0 fully saturated rings. The number of rotatable bonds is 9. The molecule has 6 nitrogen and oxygen atoms in total. The van der Waals surface area contributed by atoms with Crippen molar-refractivity contribution in [3.05, 3.63) is 110 Å². The molecule has 3 aromatic rings. The van der Waals surface area contributed by atoms with Crippen molar-refractivity contribution < 1.29 is 19.5 Å². The third-order valence-electron chi connectivity index (χ3n) is 6.71. The Morgan fingerprint density at radius 2 is 1.56 bits per heavy atom. The van der Waals surface area contributed by atoms with E-state index in [1.54, 1.807) is 46.2 Å². The summed E-state index contributed by atoms with van der Waals surface area (Å²) < 4.78 is 0.731. The summed E-state index contributed by atoms with van der Waals surface area (Å²) >= 11 is 15.9. The van der Waals surface area contributed by atoms with Crippen LogP contribution in [0, 0.1) is 0 Å². The van der Waals surface area contributed by atoms with Gasteiger partial charge in [0.2, 0.25) is 5.91 Å². The average molecular weight is 630 g/mol. The Morgan fingerprint density at radius 1 is 0.949 bits per heavy atom. The van der Waals surface area contributed by atoms with Crippen LogP contribution in [0.1, 0.15) is 55.0 Å². The first-order valence-corrected chi connectivity index (χ1v) is 14.0. The molecule has 0 aliphatic carbocycles. The predicted octanol–water partition coefficient (Wildman–Crippen LogP) is 7.53. The molecule has 2 atom stereocenters. The lowest BCUT2D eigenvalue weighted by molar-refractivity contribution is -0.142. The summed E-state index contributed by atoms with van der Waals surface area (Å²) in [6.07, 6.45) is 2.34. The fourth-order valence-corrected chi connectivity index (χ4v) is 5.46. The predicted molar refractivity (Wildman–Crippen MR) is 156 cm³/mol. The zero-order valence-corrected chi connectivity index (χ0v) is 24.3. The largest absolute Gasteiger partial charge is 0.481 e. The van der Waals surface area contributed by atoms with Crippen LogP contribution in [0.25, 0.3) is 5.70 Å². The second kappa shape index (κ2) is 12.8. The summed E-state index contributed by atoms with van der Waals surface area (Å²) in [4.78, 5) is 42.9. The lowest BCUT2D eigenvalue weighted by atomic mass is 9.99. The van der Waals surface area contributed by atoms with E-state index in [1.165, 1.54) is 6.08 Å². The minimum atomic E-state index is -0.948. The number of carboxylic acid groups (broad SMARTS) is 1. The van der Waals surface area contributed by atoms with Gasteiger partial charge in [-0.3, -0.25) is 14.4 Å². The Bertz CT molecular complexity index is 1390. The first kappa shape index (κ1) is 28.9. The molecule has 1 aliphatic heterocycles. The molecule has 3 aromatic carbocycles. The van der Waals surface area contributed by atoms with Crippen molar-refractivity contribution in [2.24, 2.45) is 0 Å². The number of hydrogen-bond donors (Lipinski definition) is 1. The van der Waals surface area contributed by atoms with Crippen molar-refractivity contribution in [1.82, 2.24) is 9.80 Å². The minimum absolute atomic E-state index is 0.00458. The van der Waals surface area contributed by atoms with Crippen LogP contribution < -0.4 is 0 Å². The van der Waals surface area contributed by atoms with Crippen LogP contribution in [0.3, 0.4) is 0 Å². The van der Waals surface area contributed by atoms with E-state index in [0.717, 1.165) is 10.0 Å². The van der Waals surface area contributed by atoms with E-state index in [2.05, 4.69) is 15.9 Å². The highest BCUT2D eigenvalue weighted by Gasteiger charge is 2.41. The summed E-state index contributed by atoms with van der Waals surface area (Å²) in [7, 11) is 0. The zero-order chi connectivity index (χ0) is 28.1. The van der Waals surface area contributed by atoms with Gasteiger partial charge < -0.3 is 14.9 Å². The van der Waals surface area contributed by atoms with Crippen molar-refractivity contribution in [3.63, 3.8) is 0 Å². The van der Waals surface area contributed by atoms with Crippen LogP contribution >= 0.6 is 39.1 Å². The lowest BCUT2D eigenvalue weighted by Gasteiger charge is -2.36. The molecule has 0 saturated carbocycles. The number of benzene rings is 3. The molecular formula is C30H27BrCl2N2O4. The first-order valence-electron chi connectivity index (χ1n) is 12.5. The number of carbonyl (C=O) groups is 3. The summed E-state index contributed by atoms with van der Waals surface area (Å²) in [5.74, 6) is -1.51. The number of carboxylic acids is 1. The van der Waals surface area contributed by atoms with E-state index in [4.69, 9.17) is 28.3 Å².